The van der Waals surface area contributed by atoms with E-state index in [-0.39, 0.29) is 0 Å². The highest BCUT2D eigenvalue weighted by Gasteiger charge is 2.11. The summed E-state index contributed by atoms with van der Waals surface area (Å²) in [5.74, 6) is 2.46. The maximum absolute atomic E-state index is 5.35. The van der Waals surface area contributed by atoms with Crippen LogP contribution in [0.3, 0.4) is 0 Å². The van der Waals surface area contributed by atoms with Crippen LogP contribution in [0.25, 0.3) is 10.8 Å². The predicted molar refractivity (Wildman–Crippen MR) is 84.3 cm³/mol. The van der Waals surface area contributed by atoms with Gasteiger partial charge in [-0.1, -0.05) is 17.8 Å². The zero-order chi connectivity index (χ0) is 14.7. The summed E-state index contributed by atoms with van der Waals surface area (Å²) >= 11 is 3.21. The molecule has 3 heterocycles. The maximum atomic E-state index is 5.35. The van der Waals surface area contributed by atoms with Crippen LogP contribution in [0, 0.1) is 6.92 Å². The van der Waals surface area contributed by atoms with Crippen molar-refractivity contribution in [3.8, 4) is 10.8 Å². The van der Waals surface area contributed by atoms with Gasteiger partial charge in [0.2, 0.25) is 0 Å². The average Bonchev–Trinajstić information content (AvgIpc) is 3.19. The zero-order valence-corrected chi connectivity index (χ0v) is 13.2. The van der Waals surface area contributed by atoms with Gasteiger partial charge in [-0.05, 0) is 19.1 Å². The Labute approximate surface area is 130 Å². The number of hydrogen-bond donors (Lipinski definition) is 0. The van der Waals surface area contributed by atoms with E-state index in [1.807, 2.05) is 35.1 Å². The molecule has 0 aliphatic rings. The van der Waals surface area contributed by atoms with Crippen molar-refractivity contribution in [2.24, 2.45) is 0 Å². The van der Waals surface area contributed by atoms with E-state index in [2.05, 4.69) is 21.8 Å². The van der Waals surface area contributed by atoms with Gasteiger partial charge in [-0.3, -0.25) is 0 Å². The van der Waals surface area contributed by atoms with E-state index >= 15 is 0 Å². The van der Waals surface area contributed by atoms with Gasteiger partial charge in [0.15, 0.2) is 15.9 Å². The Bertz CT molecular complexity index is 730. The molecule has 0 radical (unpaired) electrons. The minimum atomic E-state index is 0.718. The predicted octanol–water partition coefficient (Wildman–Crippen LogP) is 3.78. The lowest BCUT2D eigenvalue weighted by Gasteiger charge is -2.03. The lowest BCUT2D eigenvalue weighted by molar-refractivity contribution is 0.581. The van der Waals surface area contributed by atoms with Gasteiger partial charge in [-0.2, -0.15) is 0 Å². The van der Waals surface area contributed by atoms with E-state index in [0.29, 0.717) is 0 Å². The second-order valence-electron chi connectivity index (χ2n) is 4.34. The van der Waals surface area contributed by atoms with Crippen LogP contribution in [0.15, 0.2) is 46.0 Å². The molecule has 3 aromatic heterocycles. The lowest BCUT2D eigenvalue weighted by atomic mass is 10.5. The normalized spacial score (nSPS) is 10.9. The van der Waals surface area contributed by atoms with Crippen LogP contribution in [0.2, 0.25) is 0 Å². The number of aromatic nitrogens is 4. The first-order valence-corrected chi connectivity index (χ1v) is 8.26. The monoisotopic (exact) mass is 318 g/mol. The van der Waals surface area contributed by atoms with Gasteiger partial charge in [0, 0.05) is 17.7 Å². The molecule has 0 saturated carbocycles. The molecule has 3 aromatic rings. The Balaban J connectivity index is 1.69. The standard InChI is InChI=1S/C14H14N4OS2/c1-3-6-18-10(2)16-17-14(18)21-9-11-8-20-13(15-11)12-5-4-7-19-12/h3-5,7-8H,1,6,9H2,2H3. The third-order valence-corrected chi connectivity index (χ3v) is 4.75. The summed E-state index contributed by atoms with van der Waals surface area (Å²) in [4.78, 5) is 4.58. The number of furan rings is 1. The Hall–Kier alpha value is -1.86. The van der Waals surface area contributed by atoms with Crippen molar-refractivity contribution in [1.82, 2.24) is 19.7 Å². The molecule has 0 spiro atoms. The summed E-state index contributed by atoms with van der Waals surface area (Å²) in [6.45, 7) is 6.42. The van der Waals surface area contributed by atoms with Crippen molar-refractivity contribution in [3.63, 3.8) is 0 Å². The lowest BCUT2D eigenvalue weighted by Crippen LogP contribution is -2.00. The van der Waals surface area contributed by atoms with Crippen LogP contribution < -0.4 is 0 Å². The van der Waals surface area contributed by atoms with E-state index in [1.165, 1.54) is 0 Å². The van der Waals surface area contributed by atoms with Crippen molar-refractivity contribution < 1.29 is 4.42 Å². The minimum absolute atomic E-state index is 0.718. The molecule has 0 amide bonds. The molecule has 0 N–H and O–H groups in total. The van der Waals surface area contributed by atoms with Gasteiger partial charge in [-0.15, -0.1) is 28.1 Å². The first-order valence-electron chi connectivity index (χ1n) is 6.39. The van der Waals surface area contributed by atoms with Crippen LogP contribution in [-0.4, -0.2) is 19.7 Å². The van der Waals surface area contributed by atoms with Gasteiger partial charge in [0.25, 0.3) is 0 Å². The number of nitrogens with zero attached hydrogens (tertiary/aromatic N) is 4. The highest BCUT2D eigenvalue weighted by atomic mass is 32.2. The summed E-state index contributed by atoms with van der Waals surface area (Å²) in [5.41, 5.74) is 1.02. The number of allylic oxidation sites excluding steroid dienone is 1. The van der Waals surface area contributed by atoms with Gasteiger partial charge < -0.3 is 8.98 Å². The SMILES string of the molecule is C=CCn1c(C)nnc1SCc1csc(-c2ccco2)n1. The molecule has 0 fully saturated rings. The molecule has 0 atom stereocenters. The van der Waals surface area contributed by atoms with E-state index in [0.717, 1.165) is 39.7 Å². The fourth-order valence-corrected chi connectivity index (χ4v) is 3.61. The van der Waals surface area contributed by atoms with E-state index in [1.54, 1.807) is 29.4 Å². The summed E-state index contributed by atoms with van der Waals surface area (Å²) in [7, 11) is 0. The first kappa shape index (κ1) is 14.1. The molecular formula is C14H14N4OS2. The van der Waals surface area contributed by atoms with Crippen molar-refractivity contribution >= 4 is 23.1 Å². The molecular weight excluding hydrogens is 304 g/mol. The van der Waals surface area contributed by atoms with Crippen molar-refractivity contribution in [2.75, 3.05) is 0 Å². The smallest absolute Gasteiger partial charge is 0.191 e. The zero-order valence-electron chi connectivity index (χ0n) is 11.5. The van der Waals surface area contributed by atoms with E-state index in [4.69, 9.17) is 4.42 Å². The summed E-state index contributed by atoms with van der Waals surface area (Å²) in [5, 5.41) is 12.1. The number of thioether (sulfide) groups is 1. The molecule has 0 unspecified atom stereocenters. The molecule has 0 aliphatic heterocycles. The fourth-order valence-electron chi connectivity index (χ4n) is 1.83. The van der Waals surface area contributed by atoms with E-state index in [9.17, 15) is 0 Å². The number of aryl methyl sites for hydroxylation is 1. The summed E-state index contributed by atoms with van der Waals surface area (Å²) < 4.78 is 7.39. The second-order valence-corrected chi connectivity index (χ2v) is 6.14. The third kappa shape index (κ3) is 3.08. The largest absolute Gasteiger partial charge is 0.462 e. The maximum Gasteiger partial charge on any atom is 0.191 e. The van der Waals surface area contributed by atoms with Crippen LogP contribution >= 0.6 is 23.1 Å². The van der Waals surface area contributed by atoms with Gasteiger partial charge >= 0.3 is 0 Å². The van der Waals surface area contributed by atoms with Crippen molar-refractivity contribution in [1.29, 1.82) is 0 Å². The first-order chi connectivity index (χ1) is 10.3. The molecule has 5 nitrogen and oxygen atoms in total. The fraction of sp³-hybridized carbons (Fsp3) is 0.214. The van der Waals surface area contributed by atoms with Crippen LogP contribution in [0.5, 0.6) is 0 Å². The summed E-state index contributed by atoms with van der Waals surface area (Å²) in [6, 6.07) is 3.78. The minimum Gasteiger partial charge on any atom is -0.462 e. The van der Waals surface area contributed by atoms with Gasteiger partial charge in [0.05, 0.1) is 12.0 Å². The van der Waals surface area contributed by atoms with Crippen LogP contribution in [0.1, 0.15) is 11.5 Å². The molecule has 0 aliphatic carbocycles. The Morgan fingerprint density at radius 3 is 3.14 bits per heavy atom. The quantitative estimate of drug-likeness (QED) is 0.511. The molecule has 3 rings (SSSR count). The van der Waals surface area contributed by atoms with Gasteiger partial charge in [-0.25, -0.2) is 4.98 Å². The topological polar surface area (TPSA) is 56.7 Å². The molecule has 108 valence electrons. The third-order valence-electron chi connectivity index (χ3n) is 2.85. The number of thiazole rings is 1. The van der Waals surface area contributed by atoms with Crippen LogP contribution in [0.4, 0.5) is 0 Å². The molecule has 0 saturated heterocycles. The molecule has 0 aromatic carbocycles. The Kier molecular flexibility index (Phi) is 4.21. The number of hydrogen-bond acceptors (Lipinski definition) is 6. The Morgan fingerprint density at radius 1 is 1.48 bits per heavy atom. The van der Waals surface area contributed by atoms with E-state index < -0.39 is 0 Å². The summed E-state index contributed by atoms with van der Waals surface area (Å²) in [6.07, 6.45) is 3.50. The second kappa shape index (κ2) is 6.28. The Morgan fingerprint density at radius 2 is 2.38 bits per heavy atom. The molecule has 21 heavy (non-hydrogen) atoms. The van der Waals surface area contributed by atoms with Crippen molar-refractivity contribution in [2.45, 2.75) is 24.4 Å². The van der Waals surface area contributed by atoms with Crippen LogP contribution in [-0.2, 0) is 12.3 Å². The van der Waals surface area contributed by atoms with Crippen molar-refractivity contribution in [3.05, 3.63) is 47.9 Å². The molecule has 0 bridgehead atoms. The van der Waals surface area contributed by atoms with Gasteiger partial charge in [0.1, 0.15) is 5.82 Å². The average molecular weight is 318 g/mol. The highest BCUT2D eigenvalue weighted by Crippen LogP contribution is 2.27. The number of rotatable bonds is 6. The highest BCUT2D eigenvalue weighted by molar-refractivity contribution is 7.98. The molecule has 7 heteroatoms.